The lowest BCUT2D eigenvalue weighted by Gasteiger charge is -2.30. The van der Waals surface area contributed by atoms with Crippen molar-refractivity contribution in [1.82, 2.24) is 14.6 Å². The molecule has 150 valence electrons. The molecule has 28 heavy (non-hydrogen) atoms. The molecular weight excluding hydrogens is 374 g/mol. The Bertz CT molecular complexity index is 849. The lowest BCUT2D eigenvalue weighted by Crippen LogP contribution is -2.43. The number of pyridine rings is 1. The average molecular weight is 402 g/mol. The van der Waals surface area contributed by atoms with Crippen molar-refractivity contribution < 1.29 is 13.2 Å². The number of hydrogen-bond donors (Lipinski definition) is 1. The van der Waals surface area contributed by atoms with Gasteiger partial charge in [0.15, 0.2) is 0 Å². The first-order valence-corrected chi connectivity index (χ1v) is 11.3. The lowest BCUT2D eigenvalue weighted by atomic mass is 9.97. The van der Waals surface area contributed by atoms with Gasteiger partial charge in [-0.1, -0.05) is 30.3 Å². The van der Waals surface area contributed by atoms with Crippen LogP contribution in [0.2, 0.25) is 0 Å². The first-order chi connectivity index (χ1) is 13.5. The Hall–Kier alpha value is -2.25. The summed E-state index contributed by atoms with van der Waals surface area (Å²) < 4.78 is 26.7. The number of aromatic nitrogens is 1. The summed E-state index contributed by atoms with van der Waals surface area (Å²) in [6, 6.07) is 13.7. The molecule has 1 aromatic carbocycles. The molecule has 0 atom stereocenters. The van der Waals surface area contributed by atoms with E-state index < -0.39 is 10.0 Å². The highest BCUT2D eigenvalue weighted by atomic mass is 32.2. The second-order valence-corrected chi connectivity index (χ2v) is 9.24. The van der Waals surface area contributed by atoms with Crippen LogP contribution in [0.4, 0.5) is 0 Å². The van der Waals surface area contributed by atoms with Crippen molar-refractivity contribution in [3.05, 3.63) is 66.0 Å². The molecule has 1 aromatic heterocycles. The molecule has 3 rings (SSSR count). The standard InChI is InChI=1S/C21H27N3O3S/c25-21(23-17-19-8-12-22-13-9-19)20-10-14-24(15-11-20)28(26,27)16-4-7-18-5-2-1-3-6-18/h1-3,5-6,8-9,12-13,20H,4,7,10-11,14-17H2,(H,23,25). The maximum Gasteiger partial charge on any atom is 0.223 e. The maximum absolute atomic E-state index is 12.6. The van der Waals surface area contributed by atoms with E-state index in [4.69, 9.17) is 0 Å². The van der Waals surface area contributed by atoms with E-state index in [2.05, 4.69) is 10.3 Å². The first-order valence-electron chi connectivity index (χ1n) is 9.73. The Morgan fingerprint density at radius 2 is 1.71 bits per heavy atom. The summed E-state index contributed by atoms with van der Waals surface area (Å²) in [6.45, 7) is 1.31. The highest BCUT2D eigenvalue weighted by molar-refractivity contribution is 7.89. The van der Waals surface area contributed by atoms with Crippen LogP contribution in [-0.2, 0) is 27.8 Å². The predicted molar refractivity (Wildman–Crippen MR) is 109 cm³/mol. The van der Waals surface area contributed by atoms with Crippen molar-refractivity contribution in [2.75, 3.05) is 18.8 Å². The zero-order chi connectivity index (χ0) is 19.8. The monoisotopic (exact) mass is 401 g/mol. The fourth-order valence-electron chi connectivity index (χ4n) is 3.46. The Balaban J connectivity index is 1.41. The molecular formula is C21H27N3O3S. The molecule has 1 fully saturated rings. The lowest BCUT2D eigenvalue weighted by molar-refractivity contribution is -0.126. The summed E-state index contributed by atoms with van der Waals surface area (Å²) in [4.78, 5) is 16.3. The zero-order valence-electron chi connectivity index (χ0n) is 16.0. The van der Waals surface area contributed by atoms with Crippen molar-refractivity contribution in [1.29, 1.82) is 0 Å². The Kier molecular flexibility index (Phi) is 7.17. The van der Waals surface area contributed by atoms with Gasteiger partial charge in [-0.25, -0.2) is 12.7 Å². The first kappa shape index (κ1) is 20.5. The molecule has 0 saturated carbocycles. The summed E-state index contributed by atoms with van der Waals surface area (Å²) in [5, 5.41) is 2.94. The van der Waals surface area contributed by atoms with Gasteiger partial charge in [0.2, 0.25) is 15.9 Å². The number of carbonyl (C=O) groups excluding carboxylic acids is 1. The Morgan fingerprint density at radius 1 is 1.04 bits per heavy atom. The summed E-state index contributed by atoms with van der Waals surface area (Å²) in [5.41, 5.74) is 2.16. The highest BCUT2D eigenvalue weighted by Crippen LogP contribution is 2.21. The molecule has 0 unspecified atom stereocenters. The maximum atomic E-state index is 12.6. The van der Waals surface area contributed by atoms with E-state index in [1.807, 2.05) is 42.5 Å². The predicted octanol–water partition coefficient (Wildman–Crippen LogP) is 2.37. The Morgan fingerprint density at radius 3 is 2.39 bits per heavy atom. The van der Waals surface area contributed by atoms with E-state index in [9.17, 15) is 13.2 Å². The van der Waals surface area contributed by atoms with Gasteiger partial charge in [0.25, 0.3) is 0 Å². The minimum Gasteiger partial charge on any atom is -0.352 e. The number of nitrogens with one attached hydrogen (secondary N) is 1. The van der Waals surface area contributed by atoms with Crippen molar-refractivity contribution in [3.8, 4) is 0 Å². The van der Waals surface area contributed by atoms with E-state index in [1.54, 1.807) is 16.7 Å². The van der Waals surface area contributed by atoms with E-state index in [1.165, 1.54) is 0 Å². The molecule has 0 bridgehead atoms. The van der Waals surface area contributed by atoms with Gasteiger partial charge in [-0.05, 0) is 48.9 Å². The molecule has 0 radical (unpaired) electrons. The van der Waals surface area contributed by atoms with Crippen LogP contribution in [0.5, 0.6) is 0 Å². The van der Waals surface area contributed by atoms with Crippen LogP contribution in [0.15, 0.2) is 54.9 Å². The van der Waals surface area contributed by atoms with Crippen molar-refractivity contribution in [2.45, 2.75) is 32.2 Å². The largest absolute Gasteiger partial charge is 0.352 e. The molecule has 1 amide bonds. The van der Waals surface area contributed by atoms with Crippen molar-refractivity contribution >= 4 is 15.9 Å². The van der Waals surface area contributed by atoms with Gasteiger partial charge in [-0.3, -0.25) is 9.78 Å². The van der Waals surface area contributed by atoms with Crippen molar-refractivity contribution in [2.24, 2.45) is 5.92 Å². The van der Waals surface area contributed by atoms with Gasteiger partial charge in [-0.2, -0.15) is 0 Å². The smallest absolute Gasteiger partial charge is 0.223 e. The number of benzene rings is 1. The summed E-state index contributed by atoms with van der Waals surface area (Å²) in [5.74, 6) is 0.0244. The molecule has 0 aliphatic carbocycles. The van der Waals surface area contributed by atoms with E-state index in [0.717, 1.165) is 17.5 Å². The topological polar surface area (TPSA) is 79.4 Å². The Labute approximate surface area is 167 Å². The fourth-order valence-corrected chi connectivity index (χ4v) is 5.00. The minimum absolute atomic E-state index is 0.00191. The molecule has 2 aromatic rings. The van der Waals surface area contributed by atoms with Gasteiger partial charge in [0.05, 0.1) is 5.75 Å². The molecule has 1 aliphatic rings. The van der Waals surface area contributed by atoms with Gasteiger partial charge < -0.3 is 5.32 Å². The molecule has 6 nitrogen and oxygen atoms in total. The van der Waals surface area contributed by atoms with Gasteiger partial charge >= 0.3 is 0 Å². The second-order valence-electron chi connectivity index (χ2n) is 7.15. The average Bonchev–Trinajstić information content (AvgIpc) is 2.73. The number of aryl methyl sites for hydroxylation is 1. The number of hydrogen-bond acceptors (Lipinski definition) is 4. The molecule has 1 aliphatic heterocycles. The van der Waals surface area contributed by atoms with Crippen LogP contribution >= 0.6 is 0 Å². The van der Waals surface area contributed by atoms with E-state index >= 15 is 0 Å². The third kappa shape index (κ3) is 5.87. The van der Waals surface area contributed by atoms with Gasteiger partial charge in [0, 0.05) is 37.9 Å². The molecule has 2 heterocycles. The van der Waals surface area contributed by atoms with E-state index in [-0.39, 0.29) is 17.6 Å². The number of sulfonamides is 1. The summed E-state index contributed by atoms with van der Waals surface area (Å²) in [6.07, 6.45) is 5.90. The van der Waals surface area contributed by atoms with Crippen LogP contribution in [0, 0.1) is 5.92 Å². The number of carbonyl (C=O) groups is 1. The molecule has 1 N–H and O–H groups in total. The quantitative estimate of drug-likeness (QED) is 0.737. The SMILES string of the molecule is O=C(NCc1ccncc1)C1CCN(S(=O)(=O)CCCc2ccccc2)CC1. The third-order valence-corrected chi connectivity index (χ3v) is 7.10. The fraction of sp³-hybridized carbons (Fsp3) is 0.429. The van der Waals surface area contributed by atoms with Gasteiger partial charge in [0.1, 0.15) is 0 Å². The highest BCUT2D eigenvalue weighted by Gasteiger charge is 2.30. The molecule has 0 spiro atoms. The normalized spacial score (nSPS) is 16.0. The summed E-state index contributed by atoms with van der Waals surface area (Å²) in [7, 11) is -3.26. The number of amides is 1. The summed E-state index contributed by atoms with van der Waals surface area (Å²) >= 11 is 0. The molecule has 1 saturated heterocycles. The van der Waals surface area contributed by atoms with Crippen LogP contribution in [-0.4, -0.2) is 42.5 Å². The van der Waals surface area contributed by atoms with Gasteiger partial charge in [-0.15, -0.1) is 0 Å². The van der Waals surface area contributed by atoms with Crippen LogP contribution in [0.25, 0.3) is 0 Å². The van der Waals surface area contributed by atoms with Crippen LogP contribution in [0.3, 0.4) is 0 Å². The van der Waals surface area contributed by atoms with Crippen LogP contribution in [0.1, 0.15) is 30.4 Å². The van der Waals surface area contributed by atoms with Crippen molar-refractivity contribution in [3.63, 3.8) is 0 Å². The number of rotatable bonds is 8. The zero-order valence-corrected chi connectivity index (χ0v) is 16.8. The number of piperidine rings is 1. The second kappa shape index (κ2) is 9.80. The van der Waals surface area contributed by atoms with E-state index in [0.29, 0.717) is 38.9 Å². The molecule has 7 heteroatoms. The van der Waals surface area contributed by atoms with Crippen LogP contribution < -0.4 is 5.32 Å². The third-order valence-electron chi connectivity index (χ3n) is 5.14. The number of nitrogens with zero attached hydrogens (tertiary/aromatic N) is 2. The minimum atomic E-state index is -3.26.